The Bertz CT molecular complexity index is 1020. The number of fused-ring (bicyclic) bond motifs is 1. The van der Waals surface area contributed by atoms with Crippen LogP contribution < -0.4 is 4.83 Å². The number of para-hydroxylation sites is 1. The van der Waals surface area contributed by atoms with Crippen molar-refractivity contribution in [1.82, 2.24) is 9.82 Å². The van der Waals surface area contributed by atoms with Crippen LogP contribution in [0.5, 0.6) is 0 Å². The van der Waals surface area contributed by atoms with Gasteiger partial charge in [-0.2, -0.15) is 18.4 Å². The highest BCUT2D eigenvalue weighted by molar-refractivity contribution is 7.89. The molecule has 5 nitrogen and oxygen atoms in total. The zero-order valence-electron chi connectivity index (χ0n) is 12.5. The van der Waals surface area contributed by atoms with Gasteiger partial charge in [0, 0.05) is 22.7 Å². The van der Waals surface area contributed by atoms with Gasteiger partial charge in [-0.05, 0) is 30.7 Å². The lowest BCUT2D eigenvalue weighted by Gasteiger charge is -2.08. The van der Waals surface area contributed by atoms with Crippen molar-refractivity contribution in [3.8, 4) is 0 Å². The number of nitrogens with zero attached hydrogens (tertiary/aromatic N) is 1. The molecule has 3 rings (SSSR count). The van der Waals surface area contributed by atoms with E-state index in [1.807, 2.05) is 24.3 Å². The summed E-state index contributed by atoms with van der Waals surface area (Å²) in [5.41, 5.74) is 2.46. The van der Waals surface area contributed by atoms with E-state index in [1.165, 1.54) is 18.3 Å². The number of benzene rings is 2. The molecule has 0 saturated heterocycles. The number of hydrogen-bond acceptors (Lipinski definition) is 3. The minimum atomic E-state index is -3.97. The Morgan fingerprint density at radius 3 is 2.54 bits per heavy atom. The second-order valence-electron chi connectivity index (χ2n) is 5.20. The maximum atomic E-state index is 12.4. The van der Waals surface area contributed by atoms with Crippen LogP contribution >= 0.6 is 23.2 Å². The van der Waals surface area contributed by atoms with Gasteiger partial charge in [0.15, 0.2) is 0 Å². The Morgan fingerprint density at radius 1 is 1.17 bits per heavy atom. The van der Waals surface area contributed by atoms with Gasteiger partial charge in [0.25, 0.3) is 10.0 Å². The van der Waals surface area contributed by atoms with Crippen molar-refractivity contribution >= 4 is 50.3 Å². The highest BCUT2D eigenvalue weighted by Gasteiger charge is 2.21. The molecule has 1 heterocycles. The Hall–Kier alpha value is -2.02. The number of rotatable bonds is 4. The summed E-state index contributed by atoms with van der Waals surface area (Å²) in [6.07, 6.45) is 3.17. The van der Waals surface area contributed by atoms with Crippen molar-refractivity contribution in [1.29, 1.82) is 0 Å². The molecule has 2 N–H and O–H groups in total. The van der Waals surface area contributed by atoms with Crippen molar-refractivity contribution < 1.29 is 8.42 Å². The van der Waals surface area contributed by atoms with E-state index in [1.54, 1.807) is 13.1 Å². The first kappa shape index (κ1) is 16.8. The maximum Gasteiger partial charge on any atom is 0.279 e. The first-order valence-corrected chi connectivity index (χ1v) is 9.19. The number of aryl methyl sites for hydroxylation is 1. The first-order chi connectivity index (χ1) is 11.4. The largest absolute Gasteiger partial charge is 0.361 e. The second kappa shape index (κ2) is 6.47. The quantitative estimate of drug-likeness (QED) is 0.527. The molecule has 0 atom stereocenters. The Labute approximate surface area is 149 Å². The van der Waals surface area contributed by atoms with E-state index in [2.05, 4.69) is 14.9 Å². The molecule has 124 valence electrons. The van der Waals surface area contributed by atoms with Crippen LogP contribution in [-0.2, 0) is 10.0 Å². The van der Waals surface area contributed by atoms with Gasteiger partial charge in [0.05, 0.1) is 16.3 Å². The summed E-state index contributed by atoms with van der Waals surface area (Å²) in [5, 5.41) is 4.85. The molecule has 3 aromatic rings. The minimum absolute atomic E-state index is 0.0507. The van der Waals surface area contributed by atoms with E-state index in [0.29, 0.717) is 0 Å². The fourth-order valence-corrected chi connectivity index (χ4v) is 4.47. The van der Waals surface area contributed by atoms with Gasteiger partial charge < -0.3 is 4.98 Å². The van der Waals surface area contributed by atoms with Gasteiger partial charge in [0.1, 0.15) is 4.90 Å². The predicted octanol–water partition coefficient (Wildman–Crippen LogP) is 4.10. The van der Waals surface area contributed by atoms with Gasteiger partial charge in [0.2, 0.25) is 0 Å². The summed E-state index contributed by atoms with van der Waals surface area (Å²) in [7, 11) is -3.97. The average Bonchev–Trinajstić information content (AvgIpc) is 2.89. The van der Waals surface area contributed by atoms with E-state index >= 15 is 0 Å². The summed E-state index contributed by atoms with van der Waals surface area (Å²) in [6, 6.07) is 10.7. The molecule has 8 heteroatoms. The van der Waals surface area contributed by atoms with E-state index in [0.717, 1.165) is 22.0 Å². The molecule has 0 unspecified atom stereocenters. The Morgan fingerprint density at radius 2 is 1.83 bits per heavy atom. The number of H-pyrrole nitrogens is 1. The first-order valence-electron chi connectivity index (χ1n) is 6.95. The van der Waals surface area contributed by atoms with Crippen LogP contribution in [0.4, 0.5) is 0 Å². The van der Waals surface area contributed by atoms with Gasteiger partial charge in [-0.25, -0.2) is 0 Å². The summed E-state index contributed by atoms with van der Waals surface area (Å²) in [4.78, 5) is 5.03. The van der Waals surface area contributed by atoms with Crippen LogP contribution in [0.25, 0.3) is 10.9 Å². The number of aromatic nitrogens is 1. The number of hydrazone groups is 1. The van der Waals surface area contributed by atoms with Gasteiger partial charge in [-0.3, -0.25) is 0 Å². The monoisotopic (exact) mass is 381 g/mol. The van der Waals surface area contributed by atoms with Gasteiger partial charge in [-0.1, -0.05) is 41.4 Å². The van der Waals surface area contributed by atoms with Crippen LogP contribution in [-0.4, -0.2) is 19.6 Å². The molecule has 0 aliphatic carbocycles. The van der Waals surface area contributed by atoms with Crippen LogP contribution in [0.3, 0.4) is 0 Å². The zero-order chi connectivity index (χ0) is 17.3. The molecule has 0 aliphatic rings. The van der Waals surface area contributed by atoms with Crippen LogP contribution in [0.15, 0.2) is 52.6 Å². The summed E-state index contributed by atoms with van der Waals surface area (Å²) >= 11 is 12.0. The van der Waals surface area contributed by atoms with Crippen molar-refractivity contribution in [2.45, 2.75) is 11.8 Å². The number of halogens is 2. The number of nitrogens with one attached hydrogen (secondary N) is 2. The van der Waals surface area contributed by atoms with Crippen molar-refractivity contribution in [2.24, 2.45) is 5.10 Å². The fraction of sp³-hybridized carbons (Fsp3) is 0.0625. The lowest BCUT2D eigenvalue weighted by atomic mass is 10.2. The summed E-state index contributed by atoms with van der Waals surface area (Å²) < 4.78 is 24.8. The number of sulfonamides is 1. The highest BCUT2D eigenvalue weighted by Crippen LogP contribution is 2.30. The average molecular weight is 382 g/mol. The molecule has 2 aromatic carbocycles. The molecule has 1 aromatic heterocycles. The molecule has 0 amide bonds. The van der Waals surface area contributed by atoms with Gasteiger partial charge in [-0.15, -0.1) is 0 Å². The van der Waals surface area contributed by atoms with Crippen LogP contribution in [0, 0.1) is 6.92 Å². The number of hydrogen-bond donors (Lipinski definition) is 2. The number of aromatic amines is 1. The predicted molar refractivity (Wildman–Crippen MR) is 97.4 cm³/mol. The molecule has 0 radical (unpaired) electrons. The molecular formula is C16H13Cl2N3O2S. The second-order valence-corrected chi connectivity index (χ2v) is 7.61. The standard InChI is InChI=1S/C16H13Cl2N3O2S/c1-10-6-13(17)16(14(18)7-10)24(22,23)21-20-9-11-8-19-15-5-3-2-4-12(11)15/h2-9,19,21H,1H3. The molecule has 0 fully saturated rings. The molecule has 0 spiro atoms. The topological polar surface area (TPSA) is 74.3 Å². The fourth-order valence-electron chi connectivity index (χ4n) is 2.36. The van der Waals surface area contributed by atoms with Crippen LogP contribution in [0.2, 0.25) is 10.0 Å². The third kappa shape index (κ3) is 3.26. The molecule has 0 saturated carbocycles. The van der Waals surface area contributed by atoms with E-state index in [4.69, 9.17) is 23.2 Å². The third-order valence-electron chi connectivity index (χ3n) is 3.41. The minimum Gasteiger partial charge on any atom is -0.361 e. The smallest absolute Gasteiger partial charge is 0.279 e. The van der Waals surface area contributed by atoms with E-state index in [9.17, 15) is 8.42 Å². The maximum absolute atomic E-state index is 12.4. The summed E-state index contributed by atoms with van der Waals surface area (Å²) in [6.45, 7) is 1.77. The molecular weight excluding hydrogens is 369 g/mol. The lowest BCUT2D eigenvalue weighted by molar-refractivity contribution is 0.585. The zero-order valence-corrected chi connectivity index (χ0v) is 14.9. The van der Waals surface area contributed by atoms with E-state index in [-0.39, 0.29) is 14.9 Å². The van der Waals surface area contributed by atoms with Crippen LogP contribution in [0.1, 0.15) is 11.1 Å². The molecule has 24 heavy (non-hydrogen) atoms. The van der Waals surface area contributed by atoms with Crippen molar-refractivity contribution in [3.63, 3.8) is 0 Å². The summed E-state index contributed by atoms with van der Waals surface area (Å²) in [5.74, 6) is 0. The van der Waals surface area contributed by atoms with Crippen molar-refractivity contribution in [3.05, 3.63) is 63.8 Å². The van der Waals surface area contributed by atoms with Gasteiger partial charge >= 0.3 is 0 Å². The Balaban J connectivity index is 1.88. The molecule has 0 bridgehead atoms. The van der Waals surface area contributed by atoms with E-state index < -0.39 is 10.0 Å². The normalized spacial score (nSPS) is 12.1. The SMILES string of the molecule is Cc1cc(Cl)c(S(=O)(=O)NN=Cc2c[nH]c3ccccc23)c(Cl)c1. The lowest BCUT2D eigenvalue weighted by Crippen LogP contribution is -2.19. The third-order valence-corrected chi connectivity index (χ3v) is 5.55. The Kier molecular flexibility index (Phi) is 4.54. The highest BCUT2D eigenvalue weighted by atomic mass is 35.5. The molecule has 0 aliphatic heterocycles. The van der Waals surface area contributed by atoms with Crippen molar-refractivity contribution in [2.75, 3.05) is 0 Å².